The van der Waals surface area contributed by atoms with E-state index in [0.29, 0.717) is 10.6 Å². The van der Waals surface area contributed by atoms with E-state index in [1.54, 1.807) is 6.92 Å². The topological polar surface area (TPSA) is 59.1 Å². The molecule has 0 unspecified atom stereocenters. The van der Waals surface area contributed by atoms with Crippen LogP contribution in [0.2, 0.25) is 0 Å². The minimum Gasteiger partial charge on any atom is -0.241 e. The molecule has 0 spiro atoms. The van der Waals surface area contributed by atoms with Crippen molar-refractivity contribution in [3.05, 3.63) is 70.7 Å². The van der Waals surface area contributed by atoms with Crippen LogP contribution in [0.25, 0.3) is 10.6 Å². The predicted octanol–water partition coefficient (Wildman–Crippen LogP) is 3.88. The van der Waals surface area contributed by atoms with Crippen molar-refractivity contribution >= 4 is 21.4 Å². The molecule has 0 bridgehead atoms. The fourth-order valence-electron chi connectivity index (χ4n) is 2.27. The number of thiazole rings is 1. The molecular weight excluding hydrogens is 366 g/mol. The van der Waals surface area contributed by atoms with E-state index in [4.69, 9.17) is 0 Å². The maximum Gasteiger partial charge on any atom is 0.246 e. The Morgan fingerprint density at radius 3 is 2.32 bits per heavy atom. The van der Waals surface area contributed by atoms with E-state index in [1.807, 2.05) is 30.3 Å². The molecule has 0 aliphatic carbocycles. The van der Waals surface area contributed by atoms with Gasteiger partial charge in [0.1, 0.15) is 16.6 Å². The van der Waals surface area contributed by atoms with Gasteiger partial charge in [0.25, 0.3) is 0 Å². The molecular formula is C17H14F2N2O2S2. The molecule has 1 N–H and O–H groups in total. The van der Waals surface area contributed by atoms with E-state index >= 15 is 0 Å². The fourth-order valence-corrected chi connectivity index (χ4v) is 4.50. The van der Waals surface area contributed by atoms with Crippen LogP contribution >= 0.6 is 11.3 Å². The third-order valence-electron chi connectivity index (χ3n) is 3.52. The smallest absolute Gasteiger partial charge is 0.241 e. The van der Waals surface area contributed by atoms with Crippen molar-refractivity contribution in [2.24, 2.45) is 0 Å². The first-order valence-corrected chi connectivity index (χ1v) is 9.64. The molecule has 0 atom stereocenters. The van der Waals surface area contributed by atoms with Gasteiger partial charge in [-0.3, -0.25) is 0 Å². The average Bonchev–Trinajstić information content (AvgIpc) is 2.94. The largest absolute Gasteiger partial charge is 0.246 e. The molecule has 0 fully saturated rings. The average molecular weight is 380 g/mol. The van der Waals surface area contributed by atoms with Crippen molar-refractivity contribution in [3.63, 3.8) is 0 Å². The van der Waals surface area contributed by atoms with Crippen LogP contribution in [-0.2, 0) is 16.6 Å². The molecule has 130 valence electrons. The normalized spacial score (nSPS) is 11.6. The van der Waals surface area contributed by atoms with Gasteiger partial charge in [-0.2, -0.15) is 0 Å². The summed E-state index contributed by atoms with van der Waals surface area (Å²) >= 11 is 1.33. The number of aromatic nitrogens is 1. The van der Waals surface area contributed by atoms with Gasteiger partial charge < -0.3 is 0 Å². The molecule has 1 aromatic heterocycles. The van der Waals surface area contributed by atoms with Crippen molar-refractivity contribution in [2.45, 2.75) is 18.4 Å². The Kier molecular flexibility index (Phi) is 4.94. The molecule has 0 radical (unpaired) electrons. The Morgan fingerprint density at radius 2 is 1.68 bits per heavy atom. The zero-order chi connectivity index (χ0) is 18.0. The van der Waals surface area contributed by atoms with Crippen molar-refractivity contribution < 1.29 is 17.2 Å². The number of nitrogens with zero attached hydrogens (tertiary/aromatic N) is 1. The SMILES string of the molecule is Cc1nc(-c2ccccc2)sc1CNS(=O)(=O)c1c(F)cccc1F. The number of rotatable bonds is 5. The number of aryl methyl sites for hydroxylation is 1. The lowest BCUT2D eigenvalue weighted by Gasteiger charge is -2.07. The Morgan fingerprint density at radius 1 is 1.04 bits per heavy atom. The van der Waals surface area contributed by atoms with E-state index < -0.39 is 26.6 Å². The number of nitrogens with one attached hydrogen (secondary N) is 1. The molecule has 3 rings (SSSR count). The number of hydrogen-bond donors (Lipinski definition) is 1. The molecule has 25 heavy (non-hydrogen) atoms. The van der Waals surface area contributed by atoms with Crippen LogP contribution in [0.4, 0.5) is 8.78 Å². The van der Waals surface area contributed by atoms with Gasteiger partial charge in [-0.1, -0.05) is 36.4 Å². The molecule has 0 aliphatic rings. The van der Waals surface area contributed by atoms with Crippen molar-refractivity contribution in [1.29, 1.82) is 0 Å². The third kappa shape index (κ3) is 3.76. The van der Waals surface area contributed by atoms with Gasteiger partial charge in [-0.05, 0) is 19.1 Å². The Balaban J connectivity index is 1.83. The summed E-state index contributed by atoms with van der Waals surface area (Å²) in [6, 6.07) is 12.4. The number of hydrogen-bond acceptors (Lipinski definition) is 4. The Labute approximate surface area is 148 Å². The van der Waals surface area contributed by atoms with Gasteiger partial charge >= 0.3 is 0 Å². The molecule has 1 heterocycles. The zero-order valence-electron chi connectivity index (χ0n) is 13.2. The quantitative estimate of drug-likeness (QED) is 0.731. The summed E-state index contributed by atoms with van der Waals surface area (Å²) in [6.45, 7) is 1.67. The summed E-state index contributed by atoms with van der Waals surface area (Å²) in [4.78, 5) is 4.13. The summed E-state index contributed by atoms with van der Waals surface area (Å²) in [5.41, 5.74) is 1.59. The summed E-state index contributed by atoms with van der Waals surface area (Å²) in [5.74, 6) is -2.25. The van der Waals surface area contributed by atoms with E-state index in [1.165, 1.54) is 11.3 Å². The van der Waals surface area contributed by atoms with Crippen LogP contribution in [0.3, 0.4) is 0 Å². The van der Waals surface area contributed by atoms with E-state index in [9.17, 15) is 17.2 Å². The molecule has 3 aromatic rings. The molecule has 8 heteroatoms. The lowest BCUT2D eigenvalue weighted by atomic mass is 10.2. The maximum atomic E-state index is 13.7. The standard InChI is InChI=1S/C17H14F2N2O2S2/c1-11-15(24-17(21-11)12-6-3-2-4-7-12)10-20-25(22,23)16-13(18)8-5-9-14(16)19/h2-9,20H,10H2,1H3. The number of benzene rings is 2. The van der Waals surface area contributed by atoms with E-state index in [2.05, 4.69) is 9.71 Å². The van der Waals surface area contributed by atoms with Crippen molar-refractivity contribution in [2.75, 3.05) is 0 Å². The van der Waals surface area contributed by atoms with Crippen LogP contribution in [0.15, 0.2) is 53.4 Å². The Hall–Kier alpha value is -2.16. The number of sulfonamides is 1. The number of halogens is 2. The highest BCUT2D eigenvalue weighted by molar-refractivity contribution is 7.89. The first kappa shape index (κ1) is 17.7. The third-order valence-corrected chi connectivity index (χ3v) is 6.18. The summed E-state index contributed by atoms with van der Waals surface area (Å²) in [7, 11) is -4.31. The lowest BCUT2D eigenvalue weighted by molar-refractivity contribution is 0.514. The van der Waals surface area contributed by atoms with Gasteiger partial charge in [0, 0.05) is 17.0 Å². The van der Waals surface area contributed by atoms with Gasteiger partial charge in [0.05, 0.1) is 5.69 Å². The van der Waals surface area contributed by atoms with Crippen LogP contribution < -0.4 is 4.72 Å². The second-order valence-corrected chi connectivity index (χ2v) is 8.06. The van der Waals surface area contributed by atoms with E-state index in [-0.39, 0.29) is 6.54 Å². The van der Waals surface area contributed by atoms with Crippen LogP contribution in [0.5, 0.6) is 0 Å². The summed E-state index contributed by atoms with van der Waals surface area (Å²) in [5, 5.41) is 0.754. The summed E-state index contributed by atoms with van der Waals surface area (Å²) < 4.78 is 54.1. The second-order valence-electron chi connectivity index (χ2n) is 5.27. The molecule has 0 amide bonds. The minimum atomic E-state index is -4.31. The monoisotopic (exact) mass is 380 g/mol. The molecule has 4 nitrogen and oxygen atoms in total. The first-order valence-electron chi connectivity index (χ1n) is 7.34. The molecule has 0 saturated carbocycles. The van der Waals surface area contributed by atoms with Crippen molar-refractivity contribution in [3.8, 4) is 10.6 Å². The van der Waals surface area contributed by atoms with Gasteiger partial charge in [0.15, 0.2) is 4.90 Å². The Bertz CT molecular complexity index is 982. The van der Waals surface area contributed by atoms with Crippen LogP contribution in [0, 0.1) is 18.6 Å². The van der Waals surface area contributed by atoms with Gasteiger partial charge in [-0.25, -0.2) is 26.9 Å². The maximum absolute atomic E-state index is 13.7. The molecule has 0 aliphatic heterocycles. The van der Waals surface area contributed by atoms with Gasteiger partial charge in [0.2, 0.25) is 10.0 Å². The van der Waals surface area contributed by atoms with Crippen molar-refractivity contribution in [1.82, 2.24) is 9.71 Å². The molecule has 0 saturated heterocycles. The first-order chi connectivity index (χ1) is 11.9. The van der Waals surface area contributed by atoms with Crippen LogP contribution in [-0.4, -0.2) is 13.4 Å². The predicted molar refractivity (Wildman–Crippen MR) is 92.7 cm³/mol. The fraction of sp³-hybridized carbons (Fsp3) is 0.118. The highest BCUT2D eigenvalue weighted by Gasteiger charge is 2.24. The summed E-state index contributed by atoms with van der Waals surface area (Å²) in [6.07, 6.45) is 0. The van der Waals surface area contributed by atoms with E-state index in [0.717, 1.165) is 28.8 Å². The minimum absolute atomic E-state index is 0.0908. The highest BCUT2D eigenvalue weighted by atomic mass is 32.2. The highest BCUT2D eigenvalue weighted by Crippen LogP contribution is 2.28. The zero-order valence-corrected chi connectivity index (χ0v) is 14.8. The van der Waals surface area contributed by atoms with Gasteiger partial charge in [-0.15, -0.1) is 11.3 Å². The van der Waals surface area contributed by atoms with Crippen LogP contribution in [0.1, 0.15) is 10.6 Å². The lowest BCUT2D eigenvalue weighted by Crippen LogP contribution is -2.25. The second kappa shape index (κ2) is 6.99. The molecule has 2 aromatic carbocycles.